The topological polar surface area (TPSA) is 94.1 Å². The number of carboxylic acids is 1. The van der Waals surface area contributed by atoms with Gasteiger partial charge in [-0.15, -0.1) is 0 Å². The van der Waals surface area contributed by atoms with Gasteiger partial charge in [0.15, 0.2) is 5.82 Å². The lowest BCUT2D eigenvalue weighted by atomic mass is 9.71. The first-order valence-electron chi connectivity index (χ1n) is 12.0. The van der Waals surface area contributed by atoms with Crippen LogP contribution in [0.5, 0.6) is 0 Å². The van der Waals surface area contributed by atoms with Crippen LogP contribution in [0, 0.1) is 30.9 Å². The number of anilines is 2. The van der Waals surface area contributed by atoms with Gasteiger partial charge < -0.3 is 10.4 Å². The van der Waals surface area contributed by atoms with E-state index in [1.54, 1.807) is 12.1 Å². The summed E-state index contributed by atoms with van der Waals surface area (Å²) >= 11 is 6.01. The van der Waals surface area contributed by atoms with Crippen molar-refractivity contribution in [2.24, 2.45) is 5.41 Å². The van der Waals surface area contributed by atoms with Crippen LogP contribution in [0.4, 0.5) is 20.4 Å². The van der Waals surface area contributed by atoms with Crippen LogP contribution in [-0.4, -0.2) is 43.7 Å². The fourth-order valence-corrected chi connectivity index (χ4v) is 5.14. The van der Waals surface area contributed by atoms with E-state index in [4.69, 9.17) is 11.6 Å². The largest absolute Gasteiger partial charge is 0.481 e. The third-order valence-electron chi connectivity index (χ3n) is 7.12. The highest BCUT2D eigenvalue weighted by Crippen LogP contribution is 2.41. The number of aromatic amines is 1. The van der Waals surface area contributed by atoms with Crippen molar-refractivity contribution in [1.29, 1.82) is 0 Å². The van der Waals surface area contributed by atoms with Crippen molar-refractivity contribution < 1.29 is 18.7 Å². The molecule has 7 nitrogen and oxygen atoms in total. The lowest BCUT2D eigenvalue weighted by Gasteiger charge is -2.44. The minimum atomic E-state index is -1.19. The van der Waals surface area contributed by atoms with Gasteiger partial charge >= 0.3 is 5.97 Å². The monoisotopic (exact) mass is 517 g/mol. The number of halogens is 3. The average Bonchev–Trinajstić information content (AvgIpc) is 3.26. The number of rotatable bonds is 8. The van der Waals surface area contributed by atoms with E-state index in [2.05, 4.69) is 25.4 Å². The predicted molar refractivity (Wildman–Crippen MR) is 134 cm³/mol. The highest BCUT2D eigenvalue weighted by atomic mass is 35.5. The van der Waals surface area contributed by atoms with E-state index >= 15 is 0 Å². The SMILES string of the molecule is CC[C@@H]1CC(Cc2nc(Nc3cc(C)[nH]n3)ccc2F)(C(=O)O)CCN1Cc1c(C)ccc(Cl)c1F. The molecular weight excluding hydrogens is 488 g/mol. The molecule has 0 saturated carbocycles. The van der Waals surface area contributed by atoms with Crippen LogP contribution >= 0.6 is 11.6 Å². The summed E-state index contributed by atoms with van der Waals surface area (Å²) in [5.74, 6) is -1.05. The number of H-pyrrole nitrogens is 1. The number of hydrogen-bond donors (Lipinski definition) is 3. The highest BCUT2D eigenvalue weighted by Gasteiger charge is 2.46. The number of aromatic nitrogens is 3. The molecule has 0 amide bonds. The maximum absolute atomic E-state index is 14.8. The van der Waals surface area contributed by atoms with E-state index in [1.807, 2.05) is 20.8 Å². The molecule has 0 radical (unpaired) electrons. The molecule has 1 aromatic carbocycles. The maximum atomic E-state index is 14.8. The van der Waals surface area contributed by atoms with E-state index in [0.717, 1.165) is 11.3 Å². The van der Waals surface area contributed by atoms with Gasteiger partial charge in [0.25, 0.3) is 0 Å². The third kappa shape index (κ3) is 5.37. The standard InChI is InChI=1S/C26H30ClF2N5O2/c1-4-17-12-26(25(35)36,9-10-34(17)14-18-15(2)5-6-19(27)24(18)29)13-21-20(28)7-8-22(30-21)31-23-11-16(3)32-33-23/h5-8,11,17H,4,9-10,12-14H2,1-3H3,(H,35,36)(H2,30,31,32,33)/t17-,26?/m1/s1. The van der Waals surface area contributed by atoms with E-state index in [0.29, 0.717) is 43.1 Å². The minimum Gasteiger partial charge on any atom is -0.481 e. The molecule has 1 unspecified atom stereocenters. The Morgan fingerprint density at radius 3 is 2.72 bits per heavy atom. The summed E-state index contributed by atoms with van der Waals surface area (Å²) in [4.78, 5) is 19.1. The van der Waals surface area contributed by atoms with Crippen LogP contribution < -0.4 is 5.32 Å². The van der Waals surface area contributed by atoms with Gasteiger partial charge in [0.2, 0.25) is 0 Å². The molecule has 3 N–H and O–H groups in total. The molecule has 0 spiro atoms. The Morgan fingerprint density at radius 1 is 1.28 bits per heavy atom. The number of nitrogens with one attached hydrogen (secondary N) is 2. The summed E-state index contributed by atoms with van der Waals surface area (Å²) in [7, 11) is 0. The zero-order valence-electron chi connectivity index (χ0n) is 20.5. The van der Waals surface area contributed by atoms with Crippen molar-refractivity contribution >= 4 is 29.2 Å². The number of carbonyl (C=O) groups is 1. The van der Waals surface area contributed by atoms with Gasteiger partial charge in [-0.25, -0.2) is 13.8 Å². The molecule has 3 heterocycles. The van der Waals surface area contributed by atoms with Gasteiger partial charge in [-0.1, -0.05) is 24.6 Å². The van der Waals surface area contributed by atoms with Crippen molar-refractivity contribution in [1.82, 2.24) is 20.1 Å². The molecule has 0 bridgehead atoms. The van der Waals surface area contributed by atoms with Gasteiger partial charge in [0.1, 0.15) is 17.5 Å². The van der Waals surface area contributed by atoms with Crippen molar-refractivity contribution in [2.75, 3.05) is 11.9 Å². The number of likely N-dealkylation sites (tertiary alicyclic amines) is 1. The van der Waals surface area contributed by atoms with E-state index in [-0.39, 0.29) is 29.6 Å². The molecule has 2 aromatic heterocycles. The number of aryl methyl sites for hydroxylation is 2. The second-order valence-electron chi connectivity index (χ2n) is 9.59. The molecule has 1 aliphatic rings. The number of piperidine rings is 1. The molecule has 3 aromatic rings. The van der Waals surface area contributed by atoms with Crippen LogP contribution in [0.1, 0.15) is 48.7 Å². The van der Waals surface area contributed by atoms with Gasteiger partial charge in [0, 0.05) is 36.3 Å². The number of benzene rings is 1. The first-order chi connectivity index (χ1) is 17.1. The van der Waals surface area contributed by atoms with E-state index in [1.165, 1.54) is 18.2 Å². The quantitative estimate of drug-likeness (QED) is 0.350. The molecule has 1 saturated heterocycles. The number of pyridine rings is 1. The van der Waals surface area contributed by atoms with Crippen molar-refractivity contribution in [3.63, 3.8) is 0 Å². The Kier molecular flexibility index (Phi) is 7.61. The molecular formula is C26H30ClF2N5O2. The average molecular weight is 518 g/mol. The Bertz CT molecular complexity index is 1270. The molecule has 10 heteroatoms. The molecule has 192 valence electrons. The van der Waals surface area contributed by atoms with Crippen LogP contribution in [-0.2, 0) is 17.8 Å². The number of hydrogen-bond acceptors (Lipinski definition) is 5. The minimum absolute atomic E-state index is 0.0435. The Balaban J connectivity index is 1.56. The zero-order chi connectivity index (χ0) is 26.0. The van der Waals surface area contributed by atoms with Crippen LogP contribution in [0.15, 0.2) is 30.3 Å². The molecule has 2 atom stereocenters. The lowest BCUT2D eigenvalue weighted by Crippen LogP contribution is -2.50. The summed E-state index contributed by atoms with van der Waals surface area (Å²) in [5.41, 5.74) is 1.08. The molecule has 36 heavy (non-hydrogen) atoms. The van der Waals surface area contributed by atoms with Crippen molar-refractivity contribution in [2.45, 2.75) is 59.0 Å². The summed E-state index contributed by atoms with van der Waals surface area (Å²) in [6, 6.07) is 7.77. The van der Waals surface area contributed by atoms with Crippen molar-refractivity contribution in [3.05, 3.63) is 69.5 Å². The second-order valence-corrected chi connectivity index (χ2v) is 10.00. The van der Waals surface area contributed by atoms with Gasteiger partial charge in [0.05, 0.1) is 16.1 Å². The van der Waals surface area contributed by atoms with Crippen LogP contribution in [0.3, 0.4) is 0 Å². The zero-order valence-corrected chi connectivity index (χ0v) is 21.3. The van der Waals surface area contributed by atoms with Crippen molar-refractivity contribution in [3.8, 4) is 0 Å². The first kappa shape index (κ1) is 26.0. The Hall–Kier alpha value is -3.04. The van der Waals surface area contributed by atoms with Gasteiger partial charge in [-0.3, -0.25) is 14.8 Å². The number of nitrogens with zero attached hydrogens (tertiary/aromatic N) is 3. The number of aliphatic carboxylic acids is 1. The van der Waals surface area contributed by atoms with Gasteiger partial charge in [-0.05, 0) is 63.4 Å². The maximum Gasteiger partial charge on any atom is 0.310 e. The summed E-state index contributed by atoms with van der Waals surface area (Å²) < 4.78 is 29.5. The highest BCUT2D eigenvalue weighted by molar-refractivity contribution is 6.30. The van der Waals surface area contributed by atoms with Crippen LogP contribution in [0.25, 0.3) is 0 Å². The third-order valence-corrected chi connectivity index (χ3v) is 7.42. The fourth-order valence-electron chi connectivity index (χ4n) is 4.96. The van der Waals surface area contributed by atoms with Gasteiger partial charge in [-0.2, -0.15) is 5.10 Å². The summed E-state index contributed by atoms with van der Waals surface area (Å²) in [5, 5.41) is 20.3. The summed E-state index contributed by atoms with van der Waals surface area (Å²) in [6.07, 6.45) is 1.22. The Morgan fingerprint density at radius 2 is 2.06 bits per heavy atom. The smallest absolute Gasteiger partial charge is 0.310 e. The lowest BCUT2D eigenvalue weighted by molar-refractivity contribution is -0.154. The predicted octanol–water partition coefficient (Wildman–Crippen LogP) is 5.78. The second kappa shape index (κ2) is 10.5. The molecule has 4 rings (SSSR count). The fraction of sp³-hybridized carbons (Fsp3) is 0.423. The number of carboxylic acid groups (broad SMARTS) is 1. The van der Waals surface area contributed by atoms with E-state index < -0.39 is 23.0 Å². The van der Waals surface area contributed by atoms with E-state index in [9.17, 15) is 18.7 Å². The molecule has 0 aliphatic carbocycles. The molecule has 1 fully saturated rings. The Labute approximate surface area is 213 Å². The summed E-state index contributed by atoms with van der Waals surface area (Å²) in [6.45, 7) is 6.44. The van der Waals surface area contributed by atoms with Crippen LogP contribution in [0.2, 0.25) is 5.02 Å². The molecule has 1 aliphatic heterocycles. The normalized spacial score (nSPS) is 20.4. The first-order valence-corrected chi connectivity index (χ1v) is 12.3.